The Morgan fingerprint density at radius 3 is 2.86 bits per heavy atom. The number of halogens is 1. The first kappa shape index (κ1) is 18.3. The summed E-state index contributed by atoms with van der Waals surface area (Å²) in [6.07, 6.45) is 4.52. The highest BCUT2D eigenvalue weighted by Gasteiger charge is 2.25. The van der Waals surface area contributed by atoms with E-state index in [9.17, 15) is 9.50 Å². The highest BCUT2D eigenvalue weighted by molar-refractivity contribution is 5.98. The van der Waals surface area contributed by atoms with Gasteiger partial charge in [0.2, 0.25) is 0 Å². The summed E-state index contributed by atoms with van der Waals surface area (Å²) < 4.78 is 20.2. The van der Waals surface area contributed by atoms with E-state index >= 15 is 0 Å². The second-order valence-corrected chi connectivity index (χ2v) is 7.42. The van der Waals surface area contributed by atoms with Gasteiger partial charge in [0.1, 0.15) is 23.6 Å². The summed E-state index contributed by atoms with van der Waals surface area (Å²) in [6, 6.07) is 7.95. The number of benzene rings is 2. The summed E-state index contributed by atoms with van der Waals surface area (Å²) >= 11 is 0. The number of hydrogen-bond acceptors (Lipinski definition) is 4. The van der Waals surface area contributed by atoms with Crippen LogP contribution in [0.1, 0.15) is 38.2 Å². The average Bonchev–Trinajstić information content (AvgIpc) is 3.06. The van der Waals surface area contributed by atoms with Crippen molar-refractivity contribution in [3.8, 4) is 22.9 Å². The minimum Gasteiger partial charge on any atom is -0.504 e. The molecular formula is C21H23FN4O2. The monoisotopic (exact) mass is 382 g/mol. The summed E-state index contributed by atoms with van der Waals surface area (Å²) in [5.41, 5.74) is 6.82. The smallest absolute Gasteiger partial charge is 0.168 e. The average molecular weight is 382 g/mol. The van der Waals surface area contributed by atoms with Crippen molar-refractivity contribution < 1.29 is 14.2 Å². The van der Waals surface area contributed by atoms with E-state index in [0.717, 1.165) is 19.3 Å². The summed E-state index contributed by atoms with van der Waals surface area (Å²) in [5, 5.41) is 18.2. The second kappa shape index (κ2) is 7.14. The minimum absolute atomic E-state index is 0.00172. The fraction of sp³-hybridized carbons (Fsp3) is 0.333. The molecule has 1 saturated carbocycles. The third kappa shape index (κ3) is 3.28. The van der Waals surface area contributed by atoms with Gasteiger partial charge in [-0.3, -0.25) is 5.41 Å². The van der Waals surface area contributed by atoms with Gasteiger partial charge in [0.05, 0.1) is 22.2 Å². The molecule has 3 aromatic rings. The summed E-state index contributed by atoms with van der Waals surface area (Å²) in [4.78, 5) is 7.46. The number of hydrogen-bond donors (Lipinski definition) is 4. The molecule has 0 radical (unpaired) electrons. The molecule has 28 heavy (non-hydrogen) atoms. The number of H-pyrrole nitrogens is 1. The number of ether oxygens (including phenoxy) is 1. The lowest BCUT2D eigenvalue weighted by molar-refractivity contribution is 0.0993. The van der Waals surface area contributed by atoms with Crippen molar-refractivity contribution in [2.24, 2.45) is 11.7 Å². The standard InChI is InChI=1S/C21H23FN4O2/c1-11-5-2-3-7-17(11)28-18-8-4-6-12(19(18)27)21-25-15-9-13(20(23)24)14(22)10-16(15)26-21/h4,6,8-11,17,27H,2-3,5,7H2,1H3,(H3,23,24)(H,25,26)/t11-,17-/m1/s1. The van der Waals surface area contributed by atoms with Gasteiger partial charge in [-0.25, -0.2) is 9.37 Å². The lowest BCUT2D eigenvalue weighted by Gasteiger charge is -2.29. The van der Waals surface area contributed by atoms with Gasteiger partial charge in [-0.05, 0) is 43.4 Å². The number of aromatic amines is 1. The Kier molecular flexibility index (Phi) is 4.66. The van der Waals surface area contributed by atoms with Crippen molar-refractivity contribution in [3.63, 3.8) is 0 Å². The molecule has 6 nitrogen and oxygen atoms in total. The van der Waals surface area contributed by atoms with Crippen LogP contribution in [0.25, 0.3) is 22.4 Å². The van der Waals surface area contributed by atoms with Crippen LogP contribution in [0, 0.1) is 17.1 Å². The summed E-state index contributed by atoms with van der Waals surface area (Å²) in [5.74, 6) is 0.316. The Morgan fingerprint density at radius 2 is 2.11 bits per heavy atom. The molecule has 7 heteroatoms. The van der Waals surface area contributed by atoms with Gasteiger partial charge in [0.15, 0.2) is 11.5 Å². The third-order valence-electron chi connectivity index (χ3n) is 5.43. The third-order valence-corrected chi connectivity index (χ3v) is 5.43. The number of rotatable bonds is 4. The number of amidine groups is 1. The molecule has 1 aromatic heterocycles. The van der Waals surface area contributed by atoms with Crippen LogP contribution >= 0.6 is 0 Å². The predicted molar refractivity (Wildman–Crippen MR) is 106 cm³/mol. The van der Waals surface area contributed by atoms with Gasteiger partial charge in [0.25, 0.3) is 0 Å². The van der Waals surface area contributed by atoms with E-state index in [1.54, 1.807) is 18.2 Å². The van der Waals surface area contributed by atoms with Crippen molar-refractivity contribution in [2.45, 2.75) is 38.7 Å². The highest BCUT2D eigenvalue weighted by atomic mass is 19.1. The van der Waals surface area contributed by atoms with Crippen LogP contribution in [0.4, 0.5) is 4.39 Å². The minimum atomic E-state index is -0.595. The molecule has 0 saturated heterocycles. The first-order valence-corrected chi connectivity index (χ1v) is 9.46. The number of nitrogens with one attached hydrogen (secondary N) is 2. The van der Waals surface area contributed by atoms with E-state index < -0.39 is 5.82 Å². The molecular weight excluding hydrogens is 359 g/mol. The number of para-hydroxylation sites is 1. The second-order valence-electron chi connectivity index (χ2n) is 7.42. The van der Waals surface area contributed by atoms with Crippen LogP contribution in [0.15, 0.2) is 30.3 Å². The molecule has 2 atom stereocenters. The molecule has 1 fully saturated rings. The van der Waals surface area contributed by atoms with Gasteiger partial charge in [-0.2, -0.15) is 0 Å². The maximum atomic E-state index is 14.1. The van der Waals surface area contributed by atoms with E-state index in [0.29, 0.717) is 34.1 Å². The summed E-state index contributed by atoms with van der Waals surface area (Å²) in [7, 11) is 0. The normalized spacial score (nSPS) is 19.6. The Balaban J connectivity index is 1.70. The molecule has 5 N–H and O–H groups in total. The van der Waals surface area contributed by atoms with Crippen LogP contribution in [0.3, 0.4) is 0 Å². The van der Waals surface area contributed by atoms with Crippen molar-refractivity contribution in [2.75, 3.05) is 0 Å². The predicted octanol–water partition coefficient (Wildman–Crippen LogP) is 4.32. The van der Waals surface area contributed by atoms with Gasteiger partial charge in [-0.15, -0.1) is 0 Å². The zero-order valence-corrected chi connectivity index (χ0v) is 15.6. The molecule has 1 aliphatic carbocycles. The fourth-order valence-electron chi connectivity index (χ4n) is 3.79. The first-order valence-electron chi connectivity index (χ1n) is 9.46. The molecule has 0 bridgehead atoms. The number of phenols is 1. The number of fused-ring (bicyclic) bond motifs is 1. The Bertz CT molecular complexity index is 1050. The first-order chi connectivity index (χ1) is 13.4. The van der Waals surface area contributed by atoms with Crippen LogP contribution in [0.2, 0.25) is 0 Å². The lowest BCUT2D eigenvalue weighted by atomic mass is 9.88. The zero-order valence-electron chi connectivity index (χ0n) is 15.6. The molecule has 2 aromatic carbocycles. The Labute approximate surface area is 162 Å². The zero-order chi connectivity index (χ0) is 19.8. The number of nitrogens with two attached hydrogens (primary N) is 1. The van der Waals surface area contributed by atoms with Crippen molar-refractivity contribution >= 4 is 16.9 Å². The van der Waals surface area contributed by atoms with Gasteiger partial charge < -0.3 is 20.6 Å². The van der Waals surface area contributed by atoms with E-state index in [2.05, 4.69) is 16.9 Å². The van der Waals surface area contributed by atoms with Crippen molar-refractivity contribution in [3.05, 3.63) is 41.7 Å². The highest BCUT2D eigenvalue weighted by Crippen LogP contribution is 2.39. The summed E-state index contributed by atoms with van der Waals surface area (Å²) in [6.45, 7) is 2.17. The van der Waals surface area contributed by atoms with E-state index in [-0.39, 0.29) is 23.3 Å². The van der Waals surface area contributed by atoms with Crippen LogP contribution in [-0.4, -0.2) is 27.0 Å². The quantitative estimate of drug-likeness (QED) is 0.398. The van der Waals surface area contributed by atoms with E-state index in [4.69, 9.17) is 15.9 Å². The lowest BCUT2D eigenvalue weighted by Crippen LogP contribution is -2.28. The van der Waals surface area contributed by atoms with E-state index in [1.165, 1.54) is 18.6 Å². The number of phenolic OH excluding ortho intramolecular Hbond substituents is 1. The maximum absolute atomic E-state index is 14.1. The fourth-order valence-corrected chi connectivity index (χ4v) is 3.79. The molecule has 1 aliphatic rings. The molecule has 146 valence electrons. The maximum Gasteiger partial charge on any atom is 0.168 e. The van der Waals surface area contributed by atoms with Crippen LogP contribution in [0.5, 0.6) is 11.5 Å². The largest absolute Gasteiger partial charge is 0.504 e. The van der Waals surface area contributed by atoms with Gasteiger partial charge in [0, 0.05) is 6.07 Å². The Morgan fingerprint density at radius 1 is 1.32 bits per heavy atom. The SMILES string of the molecule is C[C@@H]1CCCC[C@H]1Oc1cccc(-c2nc3cc(C(=N)N)c(F)cc3[nH]2)c1O. The van der Waals surface area contributed by atoms with E-state index in [1.807, 2.05) is 0 Å². The number of nitrogen functional groups attached to an aromatic ring is 1. The number of nitrogens with zero attached hydrogens (tertiary/aromatic N) is 1. The number of aromatic nitrogens is 2. The van der Waals surface area contributed by atoms with Crippen molar-refractivity contribution in [1.29, 1.82) is 5.41 Å². The Hall–Kier alpha value is -3.09. The van der Waals surface area contributed by atoms with Gasteiger partial charge in [-0.1, -0.05) is 19.4 Å². The molecule has 0 amide bonds. The number of aromatic hydroxyl groups is 1. The van der Waals surface area contributed by atoms with Crippen LogP contribution in [-0.2, 0) is 0 Å². The topological polar surface area (TPSA) is 108 Å². The van der Waals surface area contributed by atoms with Crippen molar-refractivity contribution in [1.82, 2.24) is 9.97 Å². The molecule has 0 spiro atoms. The number of imidazole rings is 1. The molecule has 0 aliphatic heterocycles. The molecule has 4 rings (SSSR count). The molecule has 1 heterocycles. The van der Waals surface area contributed by atoms with Crippen LogP contribution < -0.4 is 10.5 Å². The molecule has 0 unspecified atom stereocenters. The van der Waals surface area contributed by atoms with Gasteiger partial charge >= 0.3 is 0 Å².